The van der Waals surface area contributed by atoms with Crippen LogP contribution in [-0.2, 0) is 7.05 Å². The number of nitrogens with zero attached hydrogens (tertiary/aromatic N) is 5. The van der Waals surface area contributed by atoms with Crippen molar-refractivity contribution < 1.29 is 0 Å². The highest BCUT2D eigenvalue weighted by atomic mass is 79.9. The molecule has 0 spiro atoms. The molecule has 252 valence electrons. The van der Waals surface area contributed by atoms with Gasteiger partial charge in [-0.15, -0.1) is 17.0 Å². The van der Waals surface area contributed by atoms with E-state index in [4.69, 9.17) is 9.97 Å². The van der Waals surface area contributed by atoms with E-state index in [0.717, 1.165) is 45.5 Å². The van der Waals surface area contributed by atoms with Gasteiger partial charge in [-0.1, -0.05) is 152 Å². The lowest BCUT2D eigenvalue weighted by Crippen LogP contribution is -2.36. The van der Waals surface area contributed by atoms with Crippen molar-refractivity contribution in [1.82, 2.24) is 14.5 Å². The van der Waals surface area contributed by atoms with Gasteiger partial charge >= 0.3 is 0 Å². The Morgan fingerprint density at radius 1 is 0.481 bits per heavy atom. The molecule has 0 bridgehead atoms. The molecular formula is C46H36BrN5. The third-order valence-electron chi connectivity index (χ3n) is 9.64. The lowest BCUT2D eigenvalue weighted by Gasteiger charge is -2.30. The van der Waals surface area contributed by atoms with Gasteiger partial charge in [-0.3, -0.25) is 9.80 Å². The summed E-state index contributed by atoms with van der Waals surface area (Å²) in [7, 11) is 2.16. The van der Waals surface area contributed by atoms with E-state index in [2.05, 4.69) is 197 Å². The minimum absolute atomic E-state index is 0. The Kier molecular flexibility index (Phi) is 8.98. The monoisotopic (exact) mass is 737 g/mol. The SMILES string of the molecule is Br.Cn1c(-c2ccccc2)c(/C=C/C2N(c3ccccc3)c3nc(-c4ccccc4)c(-c4ccccc4)nc3N2c2ccccc2)c2ccccc21. The van der Waals surface area contributed by atoms with E-state index in [1.807, 2.05) is 12.1 Å². The molecule has 0 unspecified atom stereocenters. The van der Waals surface area contributed by atoms with Crippen molar-refractivity contribution in [3.63, 3.8) is 0 Å². The molecule has 3 heterocycles. The standard InChI is InChI=1S/C46H35N5.BrH/c1-49-40-30-18-17-29-38(40)39(44(49)35-23-11-4-12-24-35)31-32-41-50(36-25-13-5-14-26-36)45-46(51(41)37-27-15-6-16-28-37)48-43(34-21-9-3-10-22-34)42(47-45)33-19-7-2-8-20-33;/h2-32,41H,1H3;1H/b32-31+;. The second kappa shape index (κ2) is 14.2. The lowest BCUT2D eigenvalue weighted by molar-refractivity contribution is 0.828. The first-order chi connectivity index (χ1) is 25.3. The minimum Gasteiger partial charge on any atom is -0.343 e. The van der Waals surface area contributed by atoms with Crippen molar-refractivity contribution in [2.75, 3.05) is 9.80 Å². The number of hydrogen-bond acceptors (Lipinski definition) is 4. The molecule has 0 fully saturated rings. The molecule has 6 heteroatoms. The van der Waals surface area contributed by atoms with Crippen LogP contribution >= 0.6 is 17.0 Å². The van der Waals surface area contributed by atoms with Crippen LogP contribution in [0.2, 0.25) is 0 Å². The van der Waals surface area contributed by atoms with E-state index in [-0.39, 0.29) is 23.1 Å². The predicted molar refractivity (Wildman–Crippen MR) is 222 cm³/mol. The van der Waals surface area contributed by atoms with E-state index in [0.29, 0.717) is 0 Å². The molecule has 0 N–H and O–H groups in total. The fourth-order valence-electron chi connectivity index (χ4n) is 7.32. The van der Waals surface area contributed by atoms with Gasteiger partial charge in [0.15, 0.2) is 11.6 Å². The highest BCUT2D eigenvalue weighted by Gasteiger charge is 2.40. The van der Waals surface area contributed by atoms with Crippen molar-refractivity contribution in [2.24, 2.45) is 7.05 Å². The first-order valence-electron chi connectivity index (χ1n) is 17.3. The molecule has 0 amide bonds. The molecule has 6 aromatic carbocycles. The summed E-state index contributed by atoms with van der Waals surface area (Å²) in [4.78, 5) is 15.7. The number of hydrogen-bond donors (Lipinski definition) is 0. The van der Waals surface area contributed by atoms with Crippen LogP contribution in [-0.4, -0.2) is 20.7 Å². The van der Waals surface area contributed by atoms with Gasteiger partial charge in [0.1, 0.15) is 6.17 Å². The molecule has 2 aromatic heterocycles. The average Bonchev–Trinajstić information content (AvgIpc) is 3.68. The van der Waals surface area contributed by atoms with E-state index in [1.54, 1.807) is 0 Å². The predicted octanol–water partition coefficient (Wildman–Crippen LogP) is 11.9. The Morgan fingerprint density at radius 2 is 0.885 bits per heavy atom. The third kappa shape index (κ3) is 5.77. The van der Waals surface area contributed by atoms with Gasteiger partial charge in [-0.05, 0) is 42.0 Å². The molecule has 5 nitrogen and oxygen atoms in total. The molecule has 1 aliphatic heterocycles. The molecule has 0 aliphatic carbocycles. The van der Waals surface area contributed by atoms with Gasteiger partial charge in [0.05, 0.1) is 17.1 Å². The van der Waals surface area contributed by atoms with E-state index >= 15 is 0 Å². The maximum Gasteiger partial charge on any atom is 0.179 e. The van der Waals surface area contributed by atoms with Gasteiger partial charge < -0.3 is 4.57 Å². The van der Waals surface area contributed by atoms with Crippen LogP contribution in [0.3, 0.4) is 0 Å². The maximum absolute atomic E-state index is 5.54. The van der Waals surface area contributed by atoms with Gasteiger partial charge in [0.25, 0.3) is 0 Å². The molecule has 52 heavy (non-hydrogen) atoms. The van der Waals surface area contributed by atoms with Gasteiger partial charge in [0.2, 0.25) is 0 Å². The zero-order valence-electron chi connectivity index (χ0n) is 28.6. The zero-order valence-corrected chi connectivity index (χ0v) is 30.3. The fraction of sp³-hybridized carbons (Fsp3) is 0.0435. The van der Waals surface area contributed by atoms with E-state index in [1.165, 1.54) is 27.7 Å². The van der Waals surface area contributed by atoms with E-state index in [9.17, 15) is 0 Å². The van der Waals surface area contributed by atoms with Crippen molar-refractivity contribution in [1.29, 1.82) is 0 Å². The van der Waals surface area contributed by atoms with Crippen LogP contribution in [0.5, 0.6) is 0 Å². The van der Waals surface area contributed by atoms with Gasteiger partial charge in [0, 0.05) is 46.0 Å². The summed E-state index contributed by atoms with van der Waals surface area (Å²) >= 11 is 0. The summed E-state index contributed by atoms with van der Waals surface area (Å²) in [5.74, 6) is 1.61. The number of halogens is 1. The molecule has 0 atom stereocenters. The average molecular weight is 739 g/mol. The molecule has 0 saturated heterocycles. The minimum atomic E-state index is -0.276. The number of aromatic nitrogens is 3. The van der Waals surface area contributed by atoms with Crippen LogP contribution < -0.4 is 9.80 Å². The van der Waals surface area contributed by atoms with Gasteiger partial charge in [-0.2, -0.15) is 0 Å². The highest BCUT2D eigenvalue weighted by Crippen LogP contribution is 2.49. The maximum atomic E-state index is 5.54. The molecule has 0 radical (unpaired) electrons. The largest absolute Gasteiger partial charge is 0.343 e. The summed E-state index contributed by atoms with van der Waals surface area (Å²) in [5.41, 5.74) is 10.5. The first kappa shape index (κ1) is 32.9. The zero-order chi connectivity index (χ0) is 34.1. The van der Waals surface area contributed by atoms with Crippen LogP contribution in [0.15, 0.2) is 182 Å². The Hall–Kier alpha value is -6.24. The van der Waals surface area contributed by atoms with Crippen molar-refractivity contribution in [3.8, 4) is 33.8 Å². The summed E-state index contributed by atoms with van der Waals surface area (Å²) in [6, 6.07) is 61.2. The molecule has 8 aromatic rings. The fourth-order valence-corrected chi connectivity index (χ4v) is 7.32. The highest BCUT2D eigenvalue weighted by molar-refractivity contribution is 8.93. The van der Waals surface area contributed by atoms with Crippen LogP contribution in [0, 0.1) is 0 Å². The topological polar surface area (TPSA) is 37.2 Å². The summed E-state index contributed by atoms with van der Waals surface area (Å²) in [5, 5.41) is 1.21. The van der Waals surface area contributed by atoms with Crippen molar-refractivity contribution >= 4 is 57.0 Å². The quantitative estimate of drug-likeness (QED) is 0.163. The van der Waals surface area contributed by atoms with Crippen LogP contribution in [0.4, 0.5) is 23.0 Å². The number of para-hydroxylation sites is 3. The normalized spacial score (nSPS) is 12.7. The summed E-state index contributed by atoms with van der Waals surface area (Å²) in [6.07, 6.45) is 4.33. The number of rotatable bonds is 7. The number of anilines is 4. The Labute approximate surface area is 314 Å². The second-order valence-corrected chi connectivity index (χ2v) is 12.7. The third-order valence-corrected chi connectivity index (χ3v) is 9.64. The summed E-state index contributed by atoms with van der Waals surface area (Å²) in [6.45, 7) is 0. The number of fused-ring (bicyclic) bond motifs is 2. The van der Waals surface area contributed by atoms with Gasteiger partial charge in [-0.25, -0.2) is 9.97 Å². The van der Waals surface area contributed by atoms with Crippen LogP contribution in [0.1, 0.15) is 5.56 Å². The van der Waals surface area contributed by atoms with Crippen molar-refractivity contribution in [2.45, 2.75) is 6.17 Å². The number of benzene rings is 6. The molecule has 0 saturated carbocycles. The lowest BCUT2D eigenvalue weighted by atomic mass is 10.0. The van der Waals surface area contributed by atoms with E-state index < -0.39 is 0 Å². The Balaban J connectivity index is 0.00000387. The summed E-state index contributed by atoms with van der Waals surface area (Å²) < 4.78 is 2.30. The second-order valence-electron chi connectivity index (χ2n) is 12.7. The smallest absolute Gasteiger partial charge is 0.179 e. The Morgan fingerprint density at radius 3 is 1.37 bits per heavy atom. The van der Waals surface area contributed by atoms with Crippen molar-refractivity contribution in [3.05, 3.63) is 188 Å². The molecular weight excluding hydrogens is 702 g/mol. The first-order valence-corrected chi connectivity index (χ1v) is 17.3. The Bertz CT molecular complexity index is 2370. The van der Waals surface area contributed by atoms with Crippen LogP contribution in [0.25, 0.3) is 50.8 Å². The molecule has 1 aliphatic rings. The number of aryl methyl sites for hydroxylation is 1. The molecule has 9 rings (SSSR count).